The third-order valence-corrected chi connectivity index (χ3v) is 5.37. The summed E-state index contributed by atoms with van der Waals surface area (Å²) in [7, 11) is 0. The molecule has 0 amide bonds. The summed E-state index contributed by atoms with van der Waals surface area (Å²) in [6.45, 7) is 0. The number of hydrogen-bond donors (Lipinski definition) is 0. The van der Waals surface area contributed by atoms with Gasteiger partial charge in [0.15, 0.2) is 0 Å². The van der Waals surface area contributed by atoms with Gasteiger partial charge < -0.3 is 0 Å². The maximum absolute atomic E-state index is 12.9. The SMILES string of the molecule is O=CC1=CC=CC(Cl)(c2cccc(Cl)c2)C1C(=O)C1CCC1. The number of benzene rings is 1. The number of Topliss-reactive ketones (excluding diaryl/α,β-unsaturated/α-hetero) is 1. The quantitative estimate of drug-likeness (QED) is 0.602. The summed E-state index contributed by atoms with van der Waals surface area (Å²) in [5, 5.41) is 0.558. The first kappa shape index (κ1) is 15.5. The van der Waals surface area contributed by atoms with Crippen LogP contribution in [0.15, 0.2) is 48.1 Å². The highest BCUT2D eigenvalue weighted by atomic mass is 35.5. The predicted octanol–water partition coefficient (Wildman–Crippen LogP) is 4.45. The van der Waals surface area contributed by atoms with E-state index in [2.05, 4.69) is 0 Å². The van der Waals surface area contributed by atoms with Crippen LogP contribution >= 0.6 is 23.2 Å². The first-order valence-corrected chi connectivity index (χ1v) is 8.15. The zero-order valence-corrected chi connectivity index (χ0v) is 13.5. The van der Waals surface area contributed by atoms with Crippen molar-refractivity contribution in [2.75, 3.05) is 0 Å². The number of ketones is 1. The van der Waals surface area contributed by atoms with Crippen molar-refractivity contribution in [2.45, 2.75) is 24.1 Å². The molecule has 0 aromatic heterocycles. The van der Waals surface area contributed by atoms with Gasteiger partial charge in [-0.05, 0) is 30.5 Å². The Morgan fingerprint density at radius 3 is 2.68 bits per heavy atom. The Kier molecular flexibility index (Phi) is 4.24. The van der Waals surface area contributed by atoms with Crippen molar-refractivity contribution in [1.29, 1.82) is 0 Å². The highest BCUT2D eigenvalue weighted by Gasteiger charge is 2.47. The standard InChI is InChI=1S/C18H16Cl2O2/c19-15-8-2-7-14(10-15)18(20)9-3-6-13(11-21)16(18)17(22)12-4-1-5-12/h2-3,6-12,16H,1,4-5H2. The van der Waals surface area contributed by atoms with E-state index in [1.54, 1.807) is 36.4 Å². The Hall–Kier alpha value is -1.38. The largest absolute Gasteiger partial charge is 0.299 e. The molecule has 1 fully saturated rings. The maximum atomic E-state index is 12.9. The second-order valence-electron chi connectivity index (χ2n) is 5.89. The average molecular weight is 335 g/mol. The highest BCUT2D eigenvalue weighted by Crippen LogP contribution is 2.47. The topological polar surface area (TPSA) is 34.1 Å². The number of halogens is 2. The van der Waals surface area contributed by atoms with Gasteiger partial charge in [-0.2, -0.15) is 0 Å². The van der Waals surface area contributed by atoms with Gasteiger partial charge in [0, 0.05) is 16.5 Å². The Bertz CT molecular complexity index is 673. The van der Waals surface area contributed by atoms with Crippen LogP contribution in [0.25, 0.3) is 0 Å². The van der Waals surface area contributed by atoms with E-state index in [1.165, 1.54) is 0 Å². The van der Waals surface area contributed by atoms with Crippen molar-refractivity contribution < 1.29 is 9.59 Å². The monoisotopic (exact) mass is 334 g/mol. The molecular weight excluding hydrogens is 319 g/mol. The van der Waals surface area contributed by atoms with E-state index in [9.17, 15) is 9.59 Å². The van der Waals surface area contributed by atoms with Crippen molar-refractivity contribution >= 4 is 35.3 Å². The van der Waals surface area contributed by atoms with Gasteiger partial charge in [0.1, 0.15) is 16.9 Å². The van der Waals surface area contributed by atoms with Gasteiger partial charge in [-0.25, -0.2) is 0 Å². The molecular formula is C18H16Cl2O2. The zero-order chi connectivity index (χ0) is 15.7. The molecule has 0 spiro atoms. The van der Waals surface area contributed by atoms with E-state index in [1.807, 2.05) is 6.07 Å². The van der Waals surface area contributed by atoms with Crippen LogP contribution in [0.2, 0.25) is 5.02 Å². The average Bonchev–Trinajstić information content (AvgIpc) is 2.44. The first-order valence-electron chi connectivity index (χ1n) is 7.39. The van der Waals surface area contributed by atoms with Gasteiger partial charge in [-0.1, -0.05) is 48.4 Å². The molecule has 1 aromatic carbocycles. The number of alkyl halides is 1. The molecule has 1 saturated carbocycles. The summed E-state index contributed by atoms with van der Waals surface area (Å²) >= 11 is 12.9. The van der Waals surface area contributed by atoms with Gasteiger partial charge in [-0.3, -0.25) is 9.59 Å². The summed E-state index contributed by atoms with van der Waals surface area (Å²) in [5.74, 6) is -0.582. The van der Waals surface area contributed by atoms with Gasteiger partial charge >= 0.3 is 0 Å². The van der Waals surface area contributed by atoms with Crippen molar-refractivity contribution in [2.24, 2.45) is 11.8 Å². The van der Waals surface area contributed by atoms with Crippen LogP contribution in [0.1, 0.15) is 24.8 Å². The summed E-state index contributed by atoms with van der Waals surface area (Å²) in [4.78, 5) is 23.3. The molecule has 0 N–H and O–H groups in total. The molecule has 2 aliphatic rings. The van der Waals surface area contributed by atoms with Crippen molar-refractivity contribution in [3.8, 4) is 0 Å². The molecule has 0 saturated heterocycles. The molecule has 2 nitrogen and oxygen atoms in total. The van der Waals surface area contributed by atoms with Crippen molar-refractivity contribution in [3.63, 3.8) is 0 Å². The van der Waals surface area contributed by atoms with Crippen LogP contribution in [-0.2, 0) is 14.5 Å². The van der Waals surface area contributed by atoms with Crippen LogP contribution in [0.3, 0.4) is 0 Å². The fourth-order valence-electron chi connectivity index (χ4n) is 3.13. The molecule has 2 aliphatic carbocycles. The fraction of sp³-hybridized carbons (Fsp3) is 0.333. The number of carbonyl (C=O) groups is 2. The Balaban J connectivity index is 2.06. The Morgan fingerprint density at radius 1 is 1.32 bits per heavy atom. The summed E-state index contributed by atoms with van der Waals surface area (Å²) in [6.07, 6.45) is 8.77. The molecule has 2 unspecified atom stereocenters. The number of rotatable bonds is 4. The smallest absolute Gasteiger partial charge is 0.146 e. The van der Waals surface area contributed by atoms with Crippen LogP contribution in [0.4, 0.5) is 0 Å². The van der Waals surface area contributed by atoms with Gasteiger partial charge in [0.2, 0.25) is 0 Å². The van der Waals surface area contributed by atoms with E-state index < -0.39 is 10.8 Å². The van der Waals surface area contributed by atoms with Gasteiger partial charge in [0.05, 0.1) is 5.92 Å². The molecule has 22 heavy (non-hydrogen) atoms. The van der Waals surface area contributed by atoms with E-state index in [4.69, 9.17) is 23.2 Å². The fourth-order valence-corrected chi connectivity index (χ4v) is 3.75. The number of aldehydes is 1. The molecule has 0 aliphatic heterocycles. The molecule has 2 atom stereocenters. The van der Waals surface area contributed by atoms with Crippen LogP contribution in [0.5, 0.6) is 0 Å². The van der Waals surface area contributed by atoms with Gasteiger partial charge in [-0.15, -0.1) is 11.6 Å². The summed E-state index contributed by atoms with van der Waals surface area (Å²) < 4.78 is 0. The van der Waals surface area contributed by atoms with E-state index in [0.717, 1.165) is 31.1 Å². The maximum Gasteiger partial charge on any atom is 0.146 e. The molecule has 114 valence electrons. The lowest BCUT2D eigenvalue weighted by Crippen LogP contribution is -2.41. The summed E-state index contributed by atoms with van der Waals surface area (Å²) in [6, 6.07) is 7.17. The molecule has 3 rings (SSSR count). The lowest BCUT2D eigenvalue weighted by Gasteiger charge is -2.38. The molecule has 1 aromatic rings. The normalized spacial score (nSPS) is 27.9. The van der Waals surface area contributed by atoms with Crippen LogP contribution in [-0.4, -0.2) is 12.1 Å². The van der Waals surface area contributed by atoms with Crippen LogP contribution < -0.4 is 0 Å². The minimum Gasteiger partial charge on any atom is -0.299 e. The number of allylic oxidation sites excluding steroid dienone is 4. The third kappa shape index (κ3) is 2.55. The molecule has 4 heteroatoms. The lowest BCUT2D eigenvalue weighted by molar-refractivity contribution is -0.129. The van der Waals surface area contributed by atoms with E-state index in [0.29, 0.717) is 10.6 Å². The molecule has 0 heterocycles. The Labute approximate surface area is 139 Å². The zero-order valence-electron chi connectivity index (χ0n) is 12.0. The highest BCUT2D eigenvalue weighted by molar-refractivity contribution is 6.31. The molecule has 0 bridgehead atoms. The predicted molar refractivity (Wildman–Crippen MR) is 88.1 cm³/mol. The van der Waals surface area contributed by atoms with E-state index in [-0.39, 0.29) is 11.7 Å². The second kappa shape index (κ2) is 6.02. The number of carbonyl (C=O) groups excluding carboxylic acids is 2. The second-order valence-corrected chi connectivity index (χ2v) is 6.95. The van der Waals surface area contributed by atoms with Gasteiger partial charge in [0.25, 0.3) is 0 Å². The lowest BCUT2D eigenvalue weighted by atomic mass is 9.68. The number of hydrogen-bond acceptors (Lipinski definition) is 2. The minimum absolute atomic E-state index is 0.0113. The molecule has 0 radical (unpaired) electrons. The van der Waals surface area contributed by atoms with Crippen molar-refractivity contribution in [1.82, 2.24) is 0 Å². The Morgan fingerprint density at radius 2 is 2.09 bits per heavy atom. The van der Waals surface area contributed by atoms with Crippen LogP contribution in [0, 0.1) is 11.8 Å². The third-order valence-electron chi connectivity index (χ3n) is 4.58. The minimum atomic E-state index is -1.05. The van der Waals surface area contributed by atoms with E-state index >= 15 is 0 Å². The summed E-state index contributed by atoms with van der Waals surface area (Å²) in [5.41, 5.74) is 1.18. The first-order chi connectivity index (χ1) is 10.6. The van der Waals surface area contributed by atoms with Crippen molar-refractivity contribution in [3.05, 3.63) is 58.7 Å².